The normalized spacial score (nSPS) is 22.1. The Hall–Kier alpha value is -0.530. The van der Waals surface area contributed by atoms with Gasteiger partial charge in [0.2, 0.25) is 0 Å². The summed E-state index contributed by atoms with van der Waals surface area (Å²) in [5.74, 6) is 1.14. The third-order valence-corrected chi connectivity index (χ3v) is 5.28. The van der Waals surface area contributed by atoms with Gasteiger partial charge in [0.25, 0.3) is 10.0 Å². The van der Waals surface area contributed by atoms with Crippen molar-refractivity contribution in [2.24, 2.45) is 0 Å². The van der Waals surface area contributed by atoms with Crippen LogP contribution in [0.2, 0.25) is 0 Å². The molecular formula is C9H15N3O2S2. The van der Waals surface area contributed by atoms with Crippen molar-refractivity contribution in [3.8, 4) is 0 Å². The molecule has 2 N–H and O–H groups in total. The molecule has 0 saturated carbocycles. The Morgan fingerprint density at radius 3 is 3.06 bits per heavy atom. The van der Waals surface area contributed by atoms with Crippen molar-refractivity contribution in [1.29, 1.82) is 0 Å². The fourth-order valence-electron chi connectivity index (χ4n) is 1.64. The molecule has 2 heterocycles. The molecule has 1 atom stereocenters. The number of aromatic amines is 1. The van der Waals surface area contributed by atoms with Crippen LogP contribution in [0, 0.1) is 0 Å². The second-order valence-electron chi connectivity index (χ2n) is 3.76. The number of hydrogen-bond acceptors (Lipinski definition) is 4. The van der Waals surface area contributed by atoms with Crippen LogP contribution in [0.25, 0.3) is 0 Å². The van der Waals surface area contributed by atoms with Crippen LogP contribution in [0.4, 0.5) is 0 Å². The van der Waals surface area contributed by atoms with Crippen LogP contribution in [0.5, 0.6) is 0 Å². The second kappa shape index (κ2) is 5.20. The van der Waals surface area contributed by atoms with Gasteiger partial charge in [-0.3, -0.25) is 0 Å². The fourth-order valence-corrected chi connectivity index (χ4v) is 3.97. The van der Waals surface area contributed by atoms with E-state index in [0.29, 0.717) is 11.8 Å². The van der Waals surface area contributed by atoms with Crippen molar-refractivity contribution >= 4 is 21.8 Å². The minimum atomic E-state index is -3.40. The van der Waals surface area contributed by atoms with E-state index < -0.39 is 10.0 Å². The van der Waals surface area contributed by atoms with Gasteiger partial charge in [-0.25, -0.2) is 18.1 Å². The maximum absolute atomic E-state index is 11.7. The smallest absolute Gasteiger partial charge is 0.257 e. The number of hydrogen-bond donors (Lipinski definition) is 2. The molecule has 1 aliphatic heterocycles. The van der Waals surface area contributed by atoms with Gasteiger partial charge >= 0.3 is 0 Å². The van der Waals surface area contributed by atoms with E-state index in [9.17, 15) is 8.42 Å². The Morgan fingerprint density at radius 2 is 2.44 bits per heavy atom. The van der Waals surface area contributed by atoms with Crippen molar-refractivity contribution < 1.29 is 8.42 Å². The standard InChI is InChI=1S/C9H15N3O2S2/c13-16(14,9-6-10-7-11-9)12-5-8-3-1-2-4-15-8/h6-8,12H,1-5H2,(H,10,11). The Balaban J connectivity index is 1.89. The lowest BCUT2D eigenvalue weighted by Gasteiger charge is -2.21. The summed E-state index contributed by atoms with van der Waals surface area (Å²) in [6.45, 7) is 0.506. The van der Waals surface area contributed by atoms with E-state index in [1.165, 1.54) is 25.4 Å². The van der Waals surface area contributed by atoms with Gasteiger partial charge < -0.3 is 4.98 Å². The molecule has 1 unspecified atom stereocenters. The Labute approximate surface area is 99.5 Å². The van der Waals surface area contributed by atoms with Crippen LogP contribution in [0.1, 0.15) is 19.3 Å². The molecule has 16 heavy (non-hydrogen) atoms. The molecule has 0 bridgehead atoms. The fraction of sp³-hybridized carbons (Fsp3) is 0.667. The topological polar surface area (TPSA) is 74.8 Å². The number of sulfonamides is 1. The molecule has 7 heteroatoms. The highest BCUT2D eigenvalue weighted by Gasteiger charge is 2.19. The summed E-state index contributed by atoms with van der Waals surface area (Å²) in [7, 11) is -3.40. The predicted octanol–water partition coefficient (Wildman–Crippen LogP) is 0.974. The average Bonchev–Trinajstić information content (AvgIpc) is 2.82. The molecule has 5 nitrogen and oxygen atoms in total. The molecular weight excluding hydrogens is 246 g/mol. The number of thioether (sulfide) groups is 1. The molecule has 90 valence electrons. The van der Waals surface area contributed by atoms with Gasteiger partial charge in [0.15, 0.2) is 5.03 Å². The first-order chi connectivity index (χ1) is 7.68. The molecule has 1 aliphatic rings. The zero-order valence-electron chi connectivity index (χ0n) is 8.85. The lowest BCUT2D eigenvalue weighted by molar-refractivity contribution is 0.571. The maximum Gasteiger partial charge on any atom is 0.257 e. The maximum atomic E-state index is 11.7. The van der Waals surface area contributed by atoms with Crippen molar-refractivity contribution in [3.63, 3.8) is 0 Å². The lowest BCUT2D eigenvalue weighted by Crippen LogP contribution is -2.32. The first-order valence-electron chi connectivity index (χ1n) is 5.28. The average molecular weight is 261 g/mol. The summed E-state index contributed by atoms with van der Waals surface area (Å²) in [5.41, 5.74) is 0. The number of nitrogens with one attached hydrogen (secondary N) is 2. The Kier molecular flexibility index (Phi) is 3.88. The molecule has 0 aliphatic carbocycles. The van der Waals surface area contributed by atoms with E-state index in [0.717, 1.165) is 12.2 Å². The number of aromatic nitrogens is 2. The molecule has 1 fully saturated rings. The number of rotatable bonds is 4. The molecule has 0 aromatic carbocycles. The molecule has 0 radical (unpaired) electrons. The van der Waals surface area contributed by atoms with E-state index in [2.05, 4.69) is 14.7 Å². The monoisotopic (exact) mass is 261 g/mol. The lowest BCUT2D eigenvalue weighted by atomic mass is 10.2. The van der Waals surface area contributed by atoms with Crippen LogP contribution in [0.15, 0.2) is 17.6 Å². The van der Waals surface area contributed by atoms with Crippen molar-refractivity contribution in [2.75, 3.05) is 12.3 Å². The van der Waals surface area contributed by atoms with Crippen LogP contribution < -0.4 is 4.72 Å². The zero-order valence-corrected chi connectivity index (χ0v) is 10.5. The van der Waals surface area contributed by atoms with E-state index in [-0.39, 0.29) is 5.03 Å². The minimum absolute atomic E-state index is 0.133. The SMILES string of the molecule is O=S(=O)(NCC1CCCCS1)c1cnc[nH]1. The highest BCUT2D eigenvalue weighted by Crippen LogP contribution is 2.24. The molecule has 0 spiro atoms. The summed E-state index contributed by atoms with van der Waals surface area (Å²) in [5, 5.41) is 0.541. The van der Waals surface area contributed by atoms with Crippen LogP contribution in [-0.2, 0) is 10.0 Å². The summed E-state index contributed by atoms with van der Waals surface area (Å²) >= 11 is 1.85. The largest absolute Gasteiger partial charge is 0.335 e. The summed E-state index contributed by atoms with van der Waals surface area (Å²) in [6.07, 6.45) is 6.22. The molecule has 1 aromatic rings. The van der Waals surface area contributed by atoms with E-state index in [1.54, 1.807) is 0 Å². The van der Waals surface area contributed by atoms with Crippen molar-refractivity contribution in [1.82, 2.24) is 14.7 Å². The highest BCUT2D eigenvalue weighted by molar-refractivity contribution is 8.00. The summed E-state index contributed by atoms with van der Waals surface area (Å²) < 4.78 is 26.1. The molecule has 1 aromatic heterocycles. The van der Waals surface area contributed by atoms with Crippen LogP contribution >= 0.6 is 11.8 Å². The van der Waals surface area contributed by atoms with E-state index in [1.807, 2.05) is 11.8 Å². The van der Waals surface area contributed by atoms with Gasteiger partial charge in [0, 0.05) is 11.8 Å². The number of nitrogens with zero attached hydrogens (tertiary/aromatic N) is 1. The third kappa shape index (κ3) is 2.99. The van der Waals surface area contributed by atoms with E-state index >= 15 is 0 Å². The van der Waals surface area contributed by atoms with Gasteiger partial charge in [-0.2, -0.15) is 11.8 Å². The van der Waals surface area contributed by atoms with Gasteiger partial charge in [-0.05, 0) is 18.6 Å². The van der Waals surface area contributed by atoms with Gasteiger partial charge in [-0.1, -0.05) is 6.42 Å². The number of H-pyrrole nitrogens is 1. The molecule has 1 saturated heterocycles. The van der Waals surface area contributed by atoms with Gasteiger partial charge in [0.05, 0.1) is 12.5 Å². The summed E-state index contributed by atoms with van der Waals surface area (Å²) in [4.78, 5) is 6.30. The third-order valence-electron chi connectivity index (χ3n) is 2.54. The highest BCUT2D eigenvalue weighted by atomic mass is 32.2. The first kappa shape index (κ1) is 11.9. The summed E-state index contributed by atoms with van der Waals surface area (Å²) in [6, 6.07) is 0. The first-order valence-corrected chi connectivity index (χ1v) is 7.81. The zero-order chi connectivity index (χ0) is 11.4. The van der Waals surface area contributed by atoms with E-state index in [4.69, 9.17) is 0 Å². The molecule has 0 amide bonds. The minimum Gasteiger partial charge on any atom is -0.335 e. The molecule has 2 rings (SSSR count). The Morgan fingerprint density at radius 1 is 1.56 bits per heavy atom. The quantitative estimate of drug-likeness (QED) is 0.847. The van der Waals surface area contributed by atoms with Crippen LogP contribution in [0.3, 0.4) is 0 Å². The van der Waals surface area contributed by atoms with Crippen molar-refractivity contribution in [3.05, 3.63) is 12.5 Å². The van der Waals surface area contributed by atoms with Gasteiger partial charge in [-0.15, -0.1) is 0 Å². The predicted molar refractivity (Wildman–Crippen MR) is 63.9 cm³/mol. The number of imidazole rings is 1. The Bertz CT molecular complexity index is 410. The van der Waals surface area contributed by atoms with Gasteiger partial charge in [0.1, 0.15) is 0 Å². The second-order valence-corrected chi connectivity index (χ2v) is 6.90. The van der Waals surface area contributed by atoms with Crippen LogP contribution in [-0.4, -0.2) is 35.9 Å². The van der Waals surface area contributed by atoms with Crippen molar-refractivity contribution in [2.45, 2.75) is 29.5 Å².